The van der Waals surface area contributed by atoms with Gasteiger partial charge in [0.2, 0.25) is 5.91 Å². The molecule has 1 aromatic carbocycles. The predicted octanol–water partition coefficient (Wildman–Crippen LogP) is 1.74. The van der Waals surface area contributed by atoms with E-state index in [1.807, 2.05) is 13.0 Å². The van der Waals surface area contributed by atoms with Crippen LogP contribution in [0, 0.1) is 6.92 Å². The van der Waals surface area contributed by atoms with Crippen LogP contribution in [0.15, 0.2) is 22.7 Å². The fraction of sp³-hybridized carbons (Fsp3) is 0.300. The first-order valence-corrected chi connectivity index (χ1v) is 7.37. The molecule has 1 N–H and O–H groups in total. The van der Waals surface area contributed by atoms with Crippen LogP contribution in [0.2, 0.25) is 0 Å². The first kappa shape index (κ1) is 13.2. The van der Waals surface area contributed by atoms with Gasteiger partial charge in [-0.15, -0.1) is 0 Å². The largest absolute Gasteiger partial charge is 0.324 e. The Hall–Kier alpha value is -0.880. The highest BCUT2D eigenvalue weighted by molar-refractivity contribution is 9.10. The second kappa shape index (κ2) is 4.97. The van der Waals surface area contributed by atoms with Crippen molar-refractivity contribution in [3.05, 3.63) is 28.2 Å². The molecule has 0 unspecified atom stereocenters. The number of carbonyl (C=O) groups excluding carboxylic acids is 1. The number of benzene rings is 1. The number of carbonyl (C=O) groups is 1. The van der Waals surface area contributed by atoms with Gasteiger partial charge in [-0.05, 0) is 34.5 Å². The number of aryl methyl sites for hydroxylation is 1. The molecule has 0 aliphatic carbocycles. The molecule has 0 aliphatic rings. The zero-order chi connectivity index (χ0) is 12.3. The van der Waals surface area contributed by atoms with E-state index in [0.717, 1.165) is 16.3 Å². The van der Waals surface area contributed by atoms with Crippen molar-refractivity contribution in [1.29, 1.82) is 0 Å². The third kappa shape index (κ3) is 3.94. The summed E-state index contributed by atoms with van der Waals surface area (Å²) >= 11 is 3.32. The number of nitrogens with one attached hydrogen (secondary N) is 1. The SMILES string of the molecule is Cc1cccc(NC(=O)CS(C)(=O)=O)c1Br. The van der Waals surface area contributed by atoms with E-state index in [9.17, 15) is 13.2 Å². The number of hydrogen-bond acceptors (Lipinski definition) is 3. The van der Waals surface area contributed by atoms with E-state index in [1.54, 1.807) is 12.1 Å². The molecule has 0 heterocycles. The van der Waals surface area contributed by atoms with E-state index in [2.05, 4.69) is 21.2 Å². The summed E-state index contributed by atoms with van der Waals surface area (Å²) in [4.78, 5) is 11.4. The topological polar surface area (TPSA) is 63.2 Å². The molecule has 88 valence electrons. The molecular weight excluding hydrogens is 294 g/mol. The quantitative estimate of drug-likeness (QED) is 0.925. The van der Waals surface area contributed by atoms with E-state index in [1.165, 1.54) is 0 Å². The van der Waals surface area contributed by atoms with Crippen molar-refractivity contribution >= 4 is 37.4 Å². The Morgan fingerprint density at radius 3 is 2.62 bits per heavy atom. The second-order valence-corrected chi connectivity index (χ2v) is 6.49. The van der Waals surface area contributed by atoms with Gasteiger partial charge >= 0.3 is 0 Å². The molecule has 16 heavy (non-hydrogen) atoms. The van der Waals surface area contributed by atoms with Crippen LogP contribution >= 0.6 is 15.9 Å². The van der Waals surface area contributed by atoms with Gasteiger partial charge in [0.25, 0.3) is 0 Å². The van der Waals surface area contributed by atoms with Crippen molar-refractivity contribution < 1.29 is 13.2 Å². The van der Waals surface area contributed by atoms with Crippen molar-refractivity contribution in [2.24, 2.45) is 0 Å². The molecule has 0 bridgehead atoms. The molecule has 0 aromatic heterocycles. The highest BCUT2D eigenvalue weighted by Gasteiger charge is 2.12. The predicted molar refractivity (Wildman–Crippen MR) is 67.2 cm³/mol. The number of halogens is 1. The summed E-state index contributed by atoms with van der Waals surface area (Å²) in [7, 11) is -3.29. The van der Waals surface area contributed by atoms with Crippen molar-refractivity contribution in [3.63, 3.8) is 0 Å². The zero-order valence-electron chi connectivity index (χ0n) is 8.95. The molecule has 1 amide bonds. The molecule has 0 atom stereocenters. The normalized spacial score (nSPS) is 11.2. The third-order valence-corrected chi connectivity index (χ3v) is 3.70. The van der Waals surface area contributed by atoms with Crippen molar-refractivity contribution in [2.75, 3.05) is 17.3 Å². The fourth-order valence-electron chi connectivity index (χ4n) is 1.17. The van der Waals surface area contributed by atoms with Crippen LogP contribution in [-0.2, 0) is 14.6 Å². The molecule has 1 aromatic rings. The number of hydrogen-bond donors (Lipinski definition) is 1. The van der Waals surface area contributed by atoms with Crippen LogP contribution in [0.25, 0.3) is 0 Å². The first-order valence-electron chi connectivity index (χ1n) is 4.52. The van der Waals surface area contributed by atoms with Crippen LogP contribution in [0.3, 0.4) is 0 Å². The lowest BCUT2D eigenvalue weighted by Gasteiger charge is -2.08. The number of sulfone groups is 1. The lowest BCUT2D eigenvalue weighted by atomic mass is 10.2. The molecule has 4 nitrogen and oxygen atoms in total. The van der Waals surface area contributed by atoms with Crippen molar-refractivity contribution in [3.8, 4) is 0 Å². The molecule has 0 saturated carbocycles. The Bertz CT molecular complexity index is 511. The molecule has 1 rings (SSSR count). The minimum atomic E-state index is -3.29. The molecule has 0 fully saturated rings. The highest BCUT2D eigenvalue weighted by atomic mass is 79.9. The Morgan fingerprint density at radius 1 is 1.44 bits per heavy atom. The lowest BCUT2D eigenvalue weighted by Crippen LogP contribution is -2.22. The molecule has 6 heteroatoms. The van der Waals surface area contributed by atoms with Crippen LogP contribution in [0.1, 0.15) is 5.56 Å². The van der Waals surface area contributed by atoms with Gasteiger partial charge in [-0.25, -0.2) is 8.42 Å². The maximum atomic E-state index is 11.4. The van der Waals surface area contributed by atoms with Gasteiger partial charge in [0.1, 0.15) is 5.75 Å². The minimum absolute atomic E-state index is 0.507. The summed E-state index contributed by atoms with van der Waals surface area (Å²) in [6, 6.07) is 5.38. The van der Waals surface area contributed by atoms with Gasteiger partial charge in [-0.2, -0.15) is 0 Å². The van der Waals surface area contributed by atoms with E-state index in [0.29, 0.717) is 5.69 Å². The molecular formula is C10H12BrNO3S. The second-order valence-electron chi connectivity index (χ2n) is 3.55. The minimum Gasteiger partial charge on any atom is -0.324 e. The Labute approximate surface area is 103 Å². The van der Waals surface area contributed by atoms with Crippen LogP contribution < -0.4 is 5.32 Å². The maximum Gasteiger partial charge on any atom is 0.239 e. The van der Waals surface area contributed by atoms with Crippen molar-refractivity contribution in [2.45, 2.75) is 6.92 Å². The van der Waals surface area contributed by atoms with E-state index in [-0.39, 0.29) is 0 Å². The fourth-order valence-corrected chi connectivity index (χ4v) is 2.08. The summed E-state index contributed by atoms with van der Waals surface area (Å²) in [6.07, 6.45) is 1.03. The lowest BCUT2D eigenvalue weighted by molar-refractivity contribution is -0.113. The van der Waals surface area contributed by atoms with E-state index < -0.39 is 21.5 Å². The number of amides is 1. The molecule has 0 radical (unpaired) electrons. The first-order chi connectivity index (χ1) is 7.29. The summed E-state index contributed by atoms with van der Waals surface area (Å²) in [6.45, 7) is 1.89. The van der Waals surface area contributed by atoms with Gasteiger partial charge in [-0.1, -0.05) is 12.1 Å². The number of rotatable bonds is 3. The average Bonchev–Trinajstić information content (AvgIpc) is 2.09. The zero-order valence-corrected chi connectivity index (χ0v) is 11.4. The third-order valence-electron chi connectivity index (χ3n) is 1.86. The highest BCUT2D eigenvalue weighted by Crippen LogP contribution is 2.25. The van der Waals surface area contributed by atoms with Crippen LogP contribution in [0.5, 0.6) is 0 Å². The van der Waals surface area contributed by atoms with Gasteiger partial charge in [-0.3, -0.25) is 4.79 Å². The molecule has 0 saturated heterocycles. The van der Waals surface area contributed by atoms with E-state index >= 15 is 0 Å². The van der Waals surface area contributed by atoms with Gasteiger partial charge in [0, 0.05) is 10.7 Å². The number of anilines is 1. The van der Waals surface area contributed by atoms with Gasteiger partial charge in [0.15, 0.2) is 9.84 Å². The summed E-state index contributed by atoms with van der Waals surface area (Å²) < 4.78 is 22.6. The van der Waals surface area contributed by atoms with Gasteiger partial charge < -0.3 is 5.32 Å². The molecule has 0 aliphatic heterocycles. The summed E-state index contributed by atoms with van der Waals surface area (Å²) in [5.41, 5.74) is 1.55. The van der Waals surface area contributed by atoms with Crippen molar-refractivity contribution in [1.82, 2.24) is 0 Å². The summed E-state index contributed by atoms with van der Waals surface area (Å²) in [5.74, 6) is -1.04. The Kier molecular flexibility index (Phi) is 4.09. The van der Waals surface area contributed by atoms with E-state index in [4.69, 9.17) is 0 Å². The standard InChI is InChI=1S/C10H12BrNO3S/c1-7-4-3-5-8(10(7)11)12-9(13)6-16(2,14)15/h3-5H,6H2,1-2H3,(H,12,13). The smallest absolute Gasteiger partial charge is 0.239 e. The Morgan fingerprint density at radius 2 is 2.06 bits per heavy atom. The van der Waals surface area contributed by atoms with Crippen LogP contribution in [0.4, 0.5) is 5.69 Å². The Balaban J connectivity index is 2.82. The maximum absolute atomic E-state index is 11.4. The monoisotopic (exact) mass is 305 g/mol. The van der Waals surface area contributed by atoms with Crippen LogP contribution in [-0.4, -0.2) is 26.3 Å². The summed E-state index contributed by atoms with van der Waals surface area (Å²) in [5, 5.41) is 2.54. The van der Waals surface area contributed by atoms with Gasteiger partial charge in [0.05, 0.1) is 5.69 Å². The average molecular weight is 306 g/mol. The molecule has 0 spiro atoms.